The molecule has 34 heavy (non-hydrogen) atoms. The number of aryl methyl sites for hydroxylation is 2. The second-order valence-corrected chi connectivity index (χ2v) is 9.26. The fourth-order valence-electron chi connectivity index (χ4n) is 5.06. The maximum atomic E-state index is 5.79. The van der Waals surface area contributed by atoms with Gasteiger partial charge in [0.05, 0.1) is 42.4 Å². The summed E-state index contributed by atoms with van der Waals surface area (Å²) in [6.07, 6.45) is 5.49. The summed E-state index contributed by atoms with van der Waals surface area (Å²) < 4.78 is 19.3. The van der Waals surface area contributed by atoms with Crippen LogP contribution in [-0.2, 0) is 11.2 Å². The zero-order chi connectivity index (χ0) is 24.1. The van der Waals surface area contributed by atoms with Gasteiger partial charge in [-0.25, -0.2) is 4.52 Å². The first-order chi connectivity index (χ1) is 16.6. The van der Waals surface area contributed by atoms with E-state index in [4.69, 9.17) is 19.3 Å². The van der Waals surface area contributed by atoms with Crippen molar-refractivity contribution in [2.45, 2.75) is 52.9 Å². The van der Waals surface area contributed by atoms with Crippen molar-refractivity contribution in [2.75, 3.05) is 45.4 Å². The molecule has 6 nitrogen and oxygen atoms in total. The predicted molar refractivity (Wildman–Crippen MR) is 139 cm³/mol. The lowest BCUT2D eigenvalue weighted by Gasteiger charge is -2.31. The number of benzene rings is 1. The Labute approximate surface area is 203 Å². The van der Waals surface area contributed by atoms with Gasteiger partial charge < -0.3 is 19.1 Å². The van der Waals surface area contributed by atoms with E-state index >= 15 is 0 Å². The Morgan fingerprint density at radius 1 is 1.09 bits per heavy atom. The molecule has 4 rings (SSSR count). The molecule has 0 bridgehead atoms. The Bertz CT molecular complexity index is 1080. The molecular weight excluding hydrogens is 426 g/mol. The monoisotopic (exact) mass is 465 g/mol. The topological polar surface area (TPSA) is 48.2 Å². The van der Waals surface area contributed by atoms with Crippen molar-refractivity contribution >= 4 is 11.2 Å². The van der Waals surface area contributed by atoms with Crippen LogP contribution in [0, 0.1) is 12.8 Å². The third kappa shape index (κ3) is 4.88. The third-order valence-corrected chi connectivity index (χ3v) is 6.86. The minimum absolute atomic E-state index is 0.658. The Hall–Kier alpha value is -2.73. The van der Waals surface area contributed by atoms with Crippen LogP contribution in [-0.4, -0.2) is 50.1 Å². The summed E-state index contributed by atoms with van der Waals surface area (Å²) in [6, 6.07) is 10.5. The molecule has 0 atom stereocenters. The van der Waals surface area contributed by atoms with Crippen LogP contribution in [0.15, 0.2) is 30.3 Å². The summed E-state index contributed by atoms with van der Waals surface area (Å²) in [5.74, 6) is 2.25. The number of fused-ring (bicyclic) bond motifs is 1. The van der Waals surface area contributed by atoms with E-state index in [0.29, 0.717) is 5.92 Å². The van der Waals surface area contributed by atoms with Gasteiger partial charge >= 0.3 is 0 Å². The first kappa shape index (κ1) is 24.4. The van der Waals surface area contributed by atoms with Gasteiger partial charge in [-0.05, 0) is 68.4 Å². The number of pyridine rings is 1. The van der Waals surface area contributed by atoms with E-state index in [0.717, 1.165) is 85.1 Å². The quantitative estimate of drug-likeness (QED) is 0.372. The first-order valence-electron chi connectivity index (χ1n) is 12.7. The Kier molecular flexibility index (Phi) is 7.99. The molecule has 3 aromatic rings. The van der Waals surface area contributed by atoms with Gasteiger partial charge in [-0.3, -0.25) is 0 Å². The molecular formula is C28H39N3O3. The number of rotatable bonds is 10. The minimum atomic E-state index is 0.658. The van der Waals surface area contributed by atoms with E-state index in [-0.39, 0.29) is 0 Å². The second-order valence-electron chi connectivity index (χ2n) is 9.26. The van der Waals surface area contributed by atoms with Crippen molar-refractivity contribution in [2.24, 2.45) is 5.92 Å². The number of aromatic nitrogens is 2. The van der Waals surface area contributed by atoms with E-state index in [2.05, 4.69) is 60.5 Å². The summed E-state index contributed by atoms with van der Waals surface area (Å²) in [5.41, 5.74) is 6.57. The molecule has 2 aromatic heterocycles. The molecule has 1 fully saturated rings. The van der Waals surface area contributed by atoms with Gasteiger partial charge in [-0.2, -0.15) is 5.10 Å². The molecule has 1 saturated heterocycles. The molecule has 0 radical (unpaired) electrons. The van der Waals surface area contributed by atoms with Gasteiger partial charge in [-0.15, -0.1) is 0 Å². The van der Waals surface area contributed by atoms with Crippen molar-refractivity contribution in [3.05, 3.63) is 41.6 Å². The highest BCUT2D eigenvalue weighted by Gasteiger charge is 2.25. The van der Waals surface area contributed by atoms with Gasteiger partial charge in [0.2, 0.25) is 0 Å². The van der Waals surface area contributed by atoms with Crippen molar-refractivity contribution < 1.29 is 14.2 Å². The molecule has 0 spiro atoms. The maximum Gasteiger partial charge on any atom is 0.132 e. The van der Waals surface area contributed by atoms with Gasteiger partial charge in [0.1, 0.15) is 11.5 Å². The van der Waals surface area contributed by atoms with Crippen molar-refractivity contribution in [1.29, 1.82) is 0 Å². The van der Waals surface area contributed by atoms with Crippen LogP contribution < -0.4 is 14.4 Å². The highest BCUT2D eigenvalue weighted by atomic mass is 16.5. The molecule has 1 aromatic carbocycles. The smallest absolute Gasteiger partial charge is 0.132 e. The number of methoxy groups -OCH3 is 2. The molecule has 0 unspecified atom stereocenters. The van der Waals surface area contributed by atoms with E-state index in [9.17, 15) is 0 Å². The molecule has 0 amide bonds. The molecule has 0 N–H and O–H groups in total. The summed E-state index contributed by atoms with van der Waals surface area (Å²) in [4.78, 5) is 2.59. The van der Waals surface area contributed by atoms with Gasteiger partial charge in [0.15, 0.2) is 0 Å². The maximum absolute atomic E-state index is 5.79. The third-order valence-electron chi connectivity index (χ3n) is 6.86. The van der Waals surface area contributed by atoms with Crippen LogP contribution in [0.1, 0.15) is 50.8 Å². The largest absolute Gasteiger partial charge is 0.496 e. The van der Waals surface area contributed by atoms with Crippen LogP contribution in [0.4, 0.5) is 5.69 Å². The van der Waals surface area contributed by atoms with Gasteiger partial charge in [0, 0.05) is 26.3 Å². The van der Waals surface area contributed by atoms with Crippen molar-refractivity contribution in [1.82, 2.24) is 9.61 Å². The number of hydrogen-bond donors (Lipinski definition) is 0. The second kappa shape index (κ2) is 11.1. The summed E-state index contributed by atoms with van der Waals surface area (Å²) >= 11 is 0. The Balaban J connectivity index is 1.86. The molecule has 0 saturated carbocycles. The molecule has 0 aliphatic carbocycles. The number of ether oxygens (including phenoxy) is 3. The lowest BCUT2D eigenvalue weighted by molar-refractivity contribution is 0.0682. The molecule has 3 heterocycles. The summed E-state index contributed by atoms with van der Waals surface area (Å²) in [6.45, 7) is 10.4. The standard InChI is InChI=1S/C28H39N3O3/c1-6-8-14-30(19-21-12-15-34-16-13-21)28-22(7-2)29-31-23(10-9-11-24(28)31)27-25(32-4)17-20(3)18-26(27)33-5/h9-11,17-18,21H,6-8,12-16,19H2,1-5H3. The van der Waals surface area contributed by atoms with Crippen LogP contribution in [0.25, 0.3) is 16.8 Å². The van der Waals surface area contributed by atoms with Crippen LogP contribution in [0.2, 0.25) is 0 Å². The van der Waals surface area contributed by atoms with E-state index in [1.54, 1.807) is 14.2 Å². The van der Waals surface area contributed by atoms with Crippen LogP contribution in [0.5, 0.6) is 11.5 Å². The average molecular weight is 466 g/mol. The highest BCUT2D eigenvalue weighted by Crippen LogP contribution is 2.41. The van der Waals surface area contributed by atoms with E-state index < -0.39 is 0 Å². The Morgan fingerprint density at radius 3 is 2.41 bits per heavy atom. The normalized spacial score (nSPS) is 14.5. The molecule has 1 aliphatic heterocycles. The van der Waals surface area contributed by atoms with Crippen LogP contribution in [0.3, 0.4) is 0 Å². The molecule has 1 aliphatic rings. The zero-order valence-corrected chi connectivity index (χ0v) is 21.4. The molecule has 6 heteroatoms. The predicted octanol–water partition coefficient (Wildman–Crippen LogP) is 5.92. The van der Waals surface area contributed by atoms with Crippen molar-refractivity contribution in [3.63, 3.8) is 0 Å². The zero-order valence-electron chi connectivity index (χ0n) is 21.4. The number of hydrogen-bond acceptors (Lipinski definition) is 5. The van der Waals surface area contributed by atoms with Crippen molar-refractivity contribution in [3.8, 4) is 22.8 Å². The first-order valence-corrected chi connectivity index (χ1v) is 12.7. The van der Waals surface area contributed by atoms with Gasteiger partial charge in [-0.1, -0.05) is 26.3 Å². The van der Waals surface area contributed by atoms with Crippen LogP contribution >= 0.6 is 0 Å². The number of nitrogens with zero attached hydrogens (tertiary/aromatic N) is 3. The van der Waals surface area contributed by atoms with E-state index in [1.165, 1.54) is 18.5 Å². The summed E-state index contributed by atoms with van der Waals surface area (Å²) in [7, 11) is 3.43. The minimum Gasteiger partial charge on any atom is -0.496 e. The number of unbranched alkanes of at least 4 members (excludes halogenated alkanes) is 1. The fraction of sp³-hybridized carbons (Fsp3) is 0.536. The average Bonchev–Trinajstić information content (AvgIpc) is 3.25. The lowest BCUT2D eigenvalue weighted by atomic mass is 9.99. The summed E-state index contributed by atoms with van der Waals surface area (Å²) in [5, 5.41) is 5.14. The highest BCUT2D eigenvalue weighted by molar-refractivity contribution is 5.82. The molecule has 184 valence electrons. The SMILES string of the molecule is CCCCN(CC1CCOCC1)c1c(CC)nn2c(-c3c(OC)cc(C)cc3OC)cccc12. The fourth-order valence-corrected chi connectivity index (χ4v) is 5.06. The lowest BCUT2D eigenvalue weighted by Crippen LogP contribution is -2.33. The Morgan fingerprint density at radius 2 is 1.79 bits per heavy atom. The van der Waals surface area contributed by atoms with Gasteiger partial charge in [0.25, 0.3) is 0 Å². The van der Waals surface area contributed by atoms with E-state index in [1.807, 2.05) is 0 Å². The number of anilines is 1.